The summed E-state index contributed by atoms with van der Waals surface area (Å²) in [6.45, 7) is 4.27. The van der Waals surface area contributed by atoms with Crippen molar-refractivity contribution < 1.29 is 27.9 Å². The minimum atomic E-state index is -3.81. The summed E-state index contributed by atoms with van der Waals surface area (Å²) in [5.74, 6) is -2.32. The van der Waals surface area contributed by atoms with E-state index in [0.29, 0.717) is 41.3 Å². The van der Waals surface area contributed by atoms with Crippen molar-refractivity contribution in [1.29, 1.82) is 0 Å². The van der Waals surface area contributed by atoms with Gasteiger partial charge in [-0.1, -0.05) is 67.4 Å². The van der Waals surface area contributed by atoms with Gasteiger partial charge in [0.2, 0.25) is 15.9 Å². The van der Waals surface area contributed by atoms with E-state index < -0.39 is 39.3 Å². The highest BCUT2D eigenvalue weighted by atomic mass is 35.5. The molecule has 2 aliphatic carbocycles. The number of piperidine rings is 1. The van der Waals surface area contributed by atoms with Crippen LogP contribution in [-0.4, -0.2) is 60.4 Å². The maximum atomic E-state index is 13.6. The summed E-state index contributed by atoms with van der Waals surface area (Å²) in [7, 11) is -3.81. The number of fused-ring (bicyclic) bond motifs is 2. The summed E-state index contributed by atoms with van der Waals surface area (Å²) < 4.78 is 28.5. The Morgan fingerprint density at radius 2 is 1.83 bits per heavy atom. The molecule has 0 aromatic heterocycles. The molecule has 0 radical (unpaired) electrons. The van der Waals surface area contributed by atoms with E-state index in [2.05, 4.69) is 5.32 Å². The highest BCUT2D eigenvalue weighted by molar-refractivity contribution is 7.89. The Balaban J connectivity index is 1.23. The minimum Gasteiger partial charge on any atom is -0.480 e. The molecule has 1 aliphatic heterocycles. The van der Waals surface area contributed by atoms with Crippen LogP contribution < -0.4 is 5.32 Å². The van der Waals surface area contributed by atoms with Gasteiger partial charge < -0.3 is 10.4 Å². The van der Waals surface area contributed by atoms with Gasteiger partial charge in [-0.2, -0.15) is 0 Å². The number of carboxylic acid groups (broad SMARTS) is 1. The number of halogens is 2. The number of rotatable bonds is 9. The normalized spacial score (nSPS) is 26.2. The van der Waals surface area contributed by atoms with Crippen LogP contribution in [0.2, 0.25) is 10.0 Å². The fourth-order valence-corrected chi connectivity index (χ4v) is 10.0. The molecule has 4 atom stereocenters. The van der Waals surface area contributed by atoms with E-state index in [4.69, 9.17) is 23.2 Å². The summed E-state index contributed by atoms with van der Waals surface area (Å²) in [6, 6.07) is 11.3. The number of hydrogen-bond donors (Lipinski definition) is 2. The van der Waals surface area contributed by atoms with Gasteiger partial charge in [0.05, 0.1) is 11.7 Å². The second kappa shape index (κ2) is 11.6. The van der Waals surface area contributed by atoms with Gasteiger partial charge in [0.1, 0.15) is 11.8 Å². The first-order valence-electron chi connectivity index (χ1n) is 14.3. The van der Waals surface area contributed by atoms with Crippen molar-refractivity contribution in [2.75, 3.05) is 18.8 Å². The van der Waals surface area contributed by atoms with E-state index in [1.165, 1.54) is 4.31 Å². The number of carboxylic acids is 1. The maximum absolute atomic E-state index is 13.6. The number of carbonyl (C=O) groups is 3. The third-order valence-electron chi connectivity index (χ3n) is 9.97. The first-order valence-corrected chi connectivity index (χ1v) is 16.7. The van der Waals surface area contributed by atoms with Crippen molar-refractivity contribution in [3.63, 3.8) is 0 Å². The number of nitrogens with zero attached hydrogens (tertiary/aromatic N) is 1. The quantitative estimate of drug-likeness (QED) is 0.391. The lowest BCUT2D eigenvalue weighted by Crippen LogP contribution is -2.52. The van der Waals surface area contributed by atoms with Crippen molar-refractivity contribution in [2.45, 2.75) is 58.4 Å². The third kappa shape index (κ3) is 5.73. The number of benzene rings is 2. The highest BCUT2D eigenvalue weighted by Gasteiger charge is 2.65. The molecule has 2 N–H and O–H groups in total. The monoisotopic (exact) mass is 634 g/mol. The number of sulfonamides is 1. The van der Waals surface area contributed by atoms with Gasteiger partial charge in [-0.3, -0.25) is 9.59 Å². The van der Waals surface area contributed by atoms with Crippen LogP contribution >= 0.6 is 23.2 Å². The molecule has 11 heteroatoms. The summed E-state index contributed by atoms with van der Waals surface area (Å²) in [5, 5.41) is 13.5. The van der Waals surface area contributed by atoms with Crippen molar-refractivity contribution in [2.24, 2.45) is 22.7 Å². The summed E-state index contributed by atoms with van der Waals surface area (Å²) in [4.78, 5) is 38.3. The van der Waals surface area contributed by atoms with Gasteiger partial charge in [-0.15, -0.1) is 0 Å². The van der Waals surface area contributed by atoms with E-state index in [1.807, 2.05) is 32.0 Å². The zero-order valence-corrected chi connectivity index (χ0v) is 26.1. The molecule has 42 heavy (non-hydrogen) atoms. The average molecular weight is 636 g/mol. The number of aliphatic carboxylic acids is 1. The van der Waals surface area contributed by atoms with Crippen LogP contribution in [0, 0.1) is 22.7 Å². The molecule has 2 aromatic carbocycles. The van der Waals surface area contributed by atoms with Crippen molar-refractivity contribution >= 4 is 50.9 Å². The zero-order valence-electron chi connectivity index (χ0n) is 23.7. The van der Waals surface area contributed by atoms with Crippen molar-refractivity contribution in [3.8, 4) is 11.1 Å². The first-order chi connectivity index (χ1) is 19.7. The molecular formula is C31H36Cl2N2O6S. The van der Waals surface area contributed by atoms with E-state index in [0.717, 1.165) is 17.5 Å². The van der Waals surface area contributed by atoms with Crippen LogP contribution in [0.25, 0.3) is 11.1 Å². The lowest BCUT2D eigenvalue weighted by molar-refractivity contribution is -0.142. The Kier molecular flexibility index (Phi) is 8.53. The summed E-state index contributed by atoms with van der Waals surface area (Å²) in [6.07, 6.45) is 2.87. The SMILES string of the molecule is CC1(C)C2CCC1(CS(=O)(=O)N1CCCC(C(=O)N[C@@H](Cc3ccc(-c4ccc(Cl)cc4Cl)cc3)C(=O)O)C1)C(=O)C2. The molecule has 2 saturated carbocycles. The largest absolute Gasteiger partial charge is 0.480 e. The molecule has 2 aromatic rings. The smallest absolute Gasteiger partial charge is 0.326 e. The van der Waals surface area contributed by atoms with E-state index in [-0.39, 0.29) is 42.4 Å². The van der Waals surface area contributed by atoms with Crippen LogP contribution in [-0.2, 0) is 30.8 Å². The molecule has 1 amide bonds. The number of nitrogens with one attached hydrogen (secondary N) is 1. The Bertz CT molecular complexity index is 1510. The van der Waals surface area contributed by atoms with Crippen molar-refractivity contribution in [1.82, 2.24) is 9.62 Å². The molecular weight excluding hydrogens is 599 g/mol. The first kappa shape index (κ1) is 31.0. The summed E-state index contributed by atoms with van der Waals surface area (Å²) >= 11 is 12.3. The topological polar surface area (TPSA) is 121 Å². The molecule has 8 nitrogen and oxygen atoms in total. The van der Waals surface area contributed by atoms with Gasteiger partial charge in [-0.25, -0.2) is 17.5 Å². The van der Waals surface area contributed by atoms with Gasteiger partial charge >= 0.3 is 5.97 Å². The van der Waals surface area contributed by atoms with E-state index >= 15 is 0 Å². The van der Waals surface area contributed by atoms with Gasteiger partial charge in [0.25, 0.3) is 0 Å². The molecule has 3 unspecified atom stereocenters. The fraction of sp³-hybridized carbons (Fsp3) is 0.516. The standard InChI is InChI=1S/C31H36Cl2N2O6S/c1-30(2)22-11-12-31(30,27(36)15-22)18-42(40,41)35-13-3-4-21(17-35)28(37)34-26(29(38)39)14-19-5-7-20(8-6-19)24-10-9-23(32)16-25(24)33/h5-10,16,21-22,26H,3-4,11-15,17-18H2,1-2H3,(H,34,37)(H,38,39)/t21?,22?,26-,31?/m0/s1. The number of ketones is 1. The highest BCUT2D eigenvalue weighted by Crippen LogP contribution is 2.64. The second-order valence-corrected chi connectivity index (χ2v) is 15.4. The lowest BCUT2D eigenvalue weighted by atomic mass is 9.70. The average Bonchev–Trinajstić information content (AvgIpc) is 3.27. The Morgan fingerprint density at radius 3 is 2.43 bits per heavy atom. The lowest BCUT2D eigenvalue weighted by Gasteiger charge is -2.39. The predicted molar refractivity (Wildman–Crippen MR) is 162 cm³/mol. The molecule has 3 fully saturated rings. The number of carbonyl (C=O) groups excluding carboxylic acids is 2. The summed E-state index contributed by atoms with van der Waals surface area (Å²) in [5.41, 5.74) is 1.09. The Hall–Kier alpha value is -2.46. The van der Waals surface area contributed by atoms with Crippen LogP contribution in [0.5, 0.6) is 0 Å². The fourth-order valence-electron chi connectivity index (χ4n) is 7.19. The van der Waals surface area contributed by atoms with E-state index in [1.54, 1.807) is 24.3 Å². The second-order valence-electron chi connectivity index (χ2n) is 12.5. The third-order valence-corrected chi connectivity index (χ3v) is 12.5. The molecule has 1 saturated heterocycles. The number of Topliss-reactive ketones (excluding diaryl/α,β-unsaturated/α-hetero) is 1. The Labute approximate surface area is 256 Å². The maximum Gasteiger partial charge on any atom is 0.326 e. The van der Waals surface area contributed by atoms with Crippen LogP contribution in [0.15, 0.2) is 42.5 Å². The van der Waals surface area contributed by atoms with Crippen LogP contribution in [0.4, 0.5) is 0 Å². The van der Waals surface area contributed by atoms with E-state index in [9.17, 15) is 27.9 Å². The number of hydrogen-bond acceptors (Lipinski definition) is 5. The van der Waals surface area contributed by atoms with Crippen LogP contribution in [0.1, 0.15) is 51.5 Å². The molecule has 226 valence electrons. The molecule has 5 rings (SSSR count). The number of amides is 1. The molecule has 1 heterocycles. The predicted octanol–water partition coefficient (Wildman–Crippen LogP) is 5.21. The zero-order chi connectivity index (χ0) is 30.4. The van der Waals surface area contributed by atoms with Crippen LogP contribution in [0.3, 0.4) is 0 Å². The van der Waals surface area contributed by atoms with Gasteiger partial charge in [0, 0.05) is 47.0 Å². The van der Waals surface area contributed by atoms with Gasteiger partial charge in [0.15, 0.2) is 0 Å². The molecule has 2 bridgehead atoms. The van der Waals surface area contributed by atoms with Gasteiger partial charge in [-0.05, 0) is 60.3 Å². The molecule has 3 aliphatic rings. The minimum absolute atomic E-state index is 0.0226. The van der Waals surface area contributed by atoms with Crippen molar-refractivity contribution in [3.05, 3.63) is 58.1 Å². The Morgan fingerprint density at radius 1 is 1.12 bits per heavy atom. The molecule has 0 spiro atoms.